The van der Waals surface area contributed by atoms with E-state index in [-0.39, 0.29) is 25.2 Å². The van der Waals surface area contributed by atoms with Crippen LogP contribution in [0.15, 0.2) is 42.5 Å². The molecule has 2 atom stereocenters. The third-order valence-corrected chi connectivity index (χ3v) is 2.93. The van der Waals surface area contributed by atoms with Crippen molar-refractivity contribution >= 4 is 24.0 Å². The Balaban J connectivity index is 0.00000264. The molecule has 0 fully saturated rings. The summed E-state index contributed by atoms with van der Waals surface area (Å²) >= 11 is 5.64. The molecule has 8 heteroatoms. The van der Waals surface area contributed by atoms with Crippen LogP contribution in [0.25, 0.3) is 0 Å². The average Bonchev–Trinajstić information content (AvgIpc) is 2.54. The fraction of sp³-hybridized carbons (Fsp3) is 0.333. The summed E-state index contributed by atoms with van der Waals surface area (Å²) in [6.45, 7) is 2.33. The van der Waals surface area contributed by atoms with Gasteiger partial charge < -0.3 is 14.6 Å². The van der Waals surface area contributed by atoms with E-state index < -0.39 is 6.10 Å². The Hall–Kier alpha value is -1.60. The molecular weight excluding hydrogens is 341 g/mol. The Kier molecular flexibility index (Phi) is 8.65. The lowest BCUT2D eigenvalue weighted by molar-refractivity contribution is 0.0853. The standard InChI is InChI=1S/C15H18ClN3O3.ClH/c1-11(22-15-8-7-14(16)18-19-15)17-9-12(20)10-21-13-5-3-2-4-6-13;/h2-8,11-12,17,20H,9-10H2,1H3;1H. The van der Waals surface area contributed by atoms with Gasteiger partial charge in [-0.25, -0.2) is 0 Å². The van der Waals surface area contributed by atoms with Gasteiger partial charge in [-0.2, -0.15) is 0 Å². The number of benzene rings is 1. The molecule has 0 aliphatic heterocycles. The highest BCUT2D eigenvalue weighted by Gasteiger charge is 2.09. The molecule has 2 N–H and O–H groups in total. The number of nitrogens with one attached hydrogen (secondary N) is 1. The van der Waals surface area contributed by atoms with Crippen LogP contribution < -0.4 is 14.8 Å². The molecule has 0 spiro atoms. The van der Waals surface area contributed by atoms with Gasteiger partial charge in [-0.1, -0.05) is 29.8 Å². The zero-order valence-electron chi connectivity index (χ0n) is 12.6. The first-order valence-electron chi connectivity index (χ1n) is 6.88. The van der Waals surface area contributed by atoms with E-state index >= 15 is 0 Å². The van der Waals surface area contributed by atoms with Crippen LogP contribution in [0.1, 0.15) is 6.92 Å². The van der Waals surface area contributed by atoms with Gasteiger partial charge in [0.2, 0.25) is 5.88 Å². The Labute approximate surface area is 146 Å². The van der Waals surface area contributed by atoms with Crippen LogP contribution in [0, 0.1) is 0 Å². The molecule has 0 aliphatic rings. The zero-order valence-corrected chi connectivity index (χ0v) is 14.1. The molecule has 0 saturated heterocycles. The van der Waals surface area contributed by atoms with Crippen LogP contribution in [-0.4, -0.2) is 40.8 Å². The lowest BCUT2D eigenvalue weighted by Crippen LogP contribution is -2.39. The van der Waals surface area contributed by atoms with Crippen LogP contribution in [-0.2, 0) is 0 Å². The minimum absolute atomic E-state index is 0. The molecule has 0 aliphatic carbocycles. The van der Waals surface area contributed by atoms with E-state index in [1.54, 1.807) is 19.1 Å². The van der Waals surface area contributed by atoms with E-state index in [0.717, 1.165) is 5.75 Å². The predicted molar refractivity (Wildman–Crippen MR) is 90.3 cm³/mol. The van der Waals surface area contributed by atoms with E-state index in [4.69, 9.17) is 21.1 Å². The highest BCUT2D eigenvalue weighted by Crippen LogP contribution is 2.10. The SMILES string of the molecule is CC(NCC(O)COc1ccccc1)Oc1ccc(Cl)nn1.Cl. The monoisotopic (exact) mass is 359 g/mol. The largest absolute Gasteiger partial charge is 0.491 e. The average molecular weight is 360 g/mol. The summed E-state index contributed by atoms with van der Waals surface area (Å²) in [5, 5.41) is 20.7. The van der Waals surface area contributed by atoms with Gasteiger partial charge >= 0.3 is 0 Å². The lowest BCUT2D eigenvalue weighted by Gasteiger charge is -2.18. The van der Waals surface area contributed by atoms with Gasteiger partial charge in [-0.15, -0.1) is 22.6 Å². The number of hydrogen-bond donors (Lipinski definition) is 2. The molecule has 1 aromatic carbocycles. The summed E-state index contributed by atoms with van der Waals surface area (Å²) < 4.78 is 11.0. The molecule has 126 valence electrons. The van der Waals surface area contributed by atoms with Gasteiger partial charge in [0.15, 0.2) is 5.15 Å². The molecule has 0 bridgehead atoms. The molecule has 23 heavy (non-hydrogen) atoms. The van der Waals surface area contributed by atoms with Gasteiger partial charge in [0.25, 0.3) is 0 Å². The number of halogens is 2. The smallest absolute Gasteiger partial charge is 0.235 e. The van der Waals surface area contributed by atoms with Crippen molar-refractivity contribution in [3.8, 4) is 11.6 Å². The predicted octanol–water partition coefficient (Wildman–Crippen LogP) is 2.31. The van der Waals surface area contributed by atoms with Crippen molar-refractivity contribution in [2.75, 3.05) is 13.2 Å². The molecular formula is C15H19Cl2N3O3. The zero-order chi connectivity index (χ0) is 15.8. The molecule has 6 nitrogen and oxygen atoms in total. The molecule has 0 radical (unpaired) electrons. The Morgan fingerprint density at radius 1 is 1.17 bits per heavy atom. The van der Waals surface area contributed by atoms with E-state index in [9.17, 15) is 5.11 Å². The molecule has 0 saturated carbocycles. The van der Waals surface area contributed by atoms with Gasteiger partial charge in [-0.3, -0.25) is 5.32 Å². The fourth-order valence-electron chi connectivity index (χ4n) is 1.66. The summed E-state index contributed by atoms with van der Waals surface area (Å²) in [7, 11) is 0. The van der Waals surface area contributed by atoms with Crippen molar-refractivity contribution in [1.82, 2.24) is 15.5 Å². The van der Waals surface area contributed by atoms with Crippen molar-refractivity contribution < 1.29 is 14.6 Å². The number of aliphatic hydroxyl groups is 1. The van der Waals surface area contributed by atoms with Crippen LogP contribution >= 0.6 is 24.0 Å². The van der Waals surface area contributed by atoms with Crippen LogP contribution in [0.3, 0.4) is 0 Å². The Morgan fingerprint density at radius 2 is 1.91 bits per heavy atom. The highest BCUT2D eigenvalue weighted by molar-refractivity contribution is 6.29. The lowest BCUT2D eigenvalue weighted by atomic mass is 10.3. The minimum atomic E-state index is -0.650. The summed E-state index contributed by atoms with van der Waals surface area (Å²) in [5.74, 6) is 1.08. The second kappa shape index (κ2) is 10.2. The normalized spacial score (nSPS) is 12.8. The first-order valence-corrected chi connectivity index (χ1v) is 7.26. The third kappa shape index (κ3) is 7.47. The van der Waals surface area contributed by atoms with Gasteiger partial charge in [0, 0.05) is 12.6 Å². The third-order valence-electron chi connectivity index (χ3n) is 2.73. The first kappa shape index (κ1) is 19.4. The van der Waals surface area contributed by atoms with Crippen LogP contribution in [0.5, 0.6) is 11.6 Å². The summed E-state index contributed by atoms with van der Waals surface area (Å²) in [5.41, 5.74) is 0. The second-order valence-corrected chi connectivity index (χ2v) is 5.03. The molecule has 0 amide bonds. The quantitative estimate of drug-likeness (QED) is 0.704. The maximum atomic E-state index is 9.87. The molecule has 2 rings (SSSR count). The van der Waals surface area contributed by atoms with Crippen molar-refractivity contribution in [2.24, 2.45) is 0 Å². The molecule has 2 unspecified atom stereocenters. The van der Waals surface area contributed by atoms with E-state index in [2.05, 4.69) is 15.5 Å². The van der Waals surface area contributed by atoms with Gasteiger partial charge in [-0.05, 0) is 25.1 Å². The van der Waals surface area contributed by atoms with Crippen LogP contribution in [0.2, 0.25) is 5.15 Å². The minimum Gasteiger partial charge on any atom is -0.491 e. The van der Waals surface area contributed by atoms with Crippen molar-refractivity contribution in [3.63, 3.8) is 0 Å². The van der Waals surface area contributed by atoms with E-state index in [1.807, 2.05) is 30.3 Å². The van der Waals surface area contributed by atoms with Crippen molar-refractivity contribution in [3.05, 3.63) is 47.6 Å². The Morgan fingerprint density at radius 3 is 2.57 bits per heavy atom. The fourth-order valence-corrected chi connectivity index (χ4v) is 1.76. The number of para-hydroxylation sites is 1. The molecule has 1 aromatic heterocycles. The second-order valence-electron chi connectivity index (χ2n) is 4.64. The van der Waals surface area contributed by atoms with Crippen molar-refractivity contribution in [1.29, 1.82) is 0 Å². The number of nitrogens with zero attached hydrogens (tertiary/aromatic N) is 2. The van der Waals surface area contributed by atoms with Crippen LogP contribution in [0.4, 0.5) is 0 Å². The number of aliphatic hydroxyl groups excluding tert-OH is 1. The topological polar surface area (TPSA) is 76.5 Å². The first-order chi connectivity index (χ1) is 10.6. The van der Waals surface area contributed by atoms with E-state index in [0.29, 0.717) is 17.6 Å². The molecule has 2 aromatic rings. The summed E-state index contributed by atoms with van der Waals surface area (Å²) in [6.07, 6.45) is -0.982. The maximum absolute atomic E-state index is 9.87. The van der Waals surface area contributed by atoms with Gasteiger partial charge in [0.1, 0.15) is 24.7 Å². The van der Waals surface area contributed by atoms with E-state index in [1.165, 1.54) is 0 Å². The number of ether oxygens (including phenoxy) is 2. The maximum Gasteiger partial charge on any atom is 0.235 e. The number of rotatable bonds is 8. The number of aromatic nitrogens is 2. The van der Waals surface area contributed by atoms with Crippen molar-refractivity contribution in [2.45, 2.75) is 19.3 Å². The van der Waals surface area contributed by atoms with Gasteiger partial charge in [0.05, 0.1) is 0 Å². The highest BCUT2D eigenvalue weighted by atomic mass is 35.5. The number of hydrogen-bond acceptors (Lipinski definition) is 6. The summed E-state index contributed by atoms with van der Waals surface area (Å²) in [6, 6.07) is 12.6. The molecule has 1 heterocycles. The Bertz CT molecular complexity index is 558. The summed E-state index contributed by atoms with van der Waals surface area (Å²) in [4.78, 5) is 0.